The number of carbonyl (C=O) groups is 1. The van der Waals surface area contributed by atoms with E-state index in [0.717, 1.165) is 44.7 Å². The number of nitrogens with one attached hydrogen (secondary N) is 2. The molecule has 6 heteroatoms. The van der Waals surface area contributed by atoms with Crippen molar-refractivity contribution in [1.82, 2.24) is 20.2 Å². The van der Waals surface area contributed by atoms with Gasteiger partial charge < -0.3 is 19.9 Å². The fourth-order valence-electron chi connectivity index (χ4n) is 2.52. The Kier molecular flexibility index (Phi) is 5.22. The number of piperidine rings is 1. The summed E-state index contributed by atoms with van der Waals surface area (Å²) >= 11 is 0. The number of hydrogen-bond donors (Lipinski definition) is 2. The molecule has 1 aromatic heterocycles. The van der Waals surface area contributed by atoms with E-state index in [1.165, 1.54) is 0 Å². The number of ether oxygens (including phenoxy) is 1. The van der Waals surface area contributed by atoms with Gasteiger partial charge in [-0.15, -0.1) is 0 Å². The van der Waals surface area contributed by atoms with Crippen molar-refractivity contribution in [1.29, 1.82) is 0 Å². The molecule has 0 saturated carbocycles. The number of rotatable bonds is 4. The summed E-state index contributed by atoms with van der Waals surface area (Å²) in [4.78, 5) is 21.0. The number of amides is 1. The van der Waals surface area contributed by atoms with Gasteiger partial charge in [0.15, 0.2) is 0 Å². The van der Waals surface area contributed by atoms with Gasteiger partial charge in [0.1, 0.15) is 5.60 Å². The Labute approximate surface area is 126 Å². The fraction of sp³-hybridized carbons (Fsp3) is 0.733. The summed E-state index contributed by atoms with van der Waals surface area (Å²) in [7, 11) is 0. The maximum absolute atomic E-state index is 12.1. The van der Waals surface area contributed by atoms with Crippen LogP contribution >= 0.6 is 0 Å². The highest BCUT2D eigenvalue weighted by atomic mass is 16.6. The predicted octanol–water partition coefficient (Wildman–Crippen LogP) is 2.15. The van der Waals surface area contributed by atoms with Gasteiger partial charge in [-0.25, -0.2) is 9.78 Å². The zero-order chi connectivity index (χ0) is 15.3. The Morgan fingerprint density at radius 2 is 2.38 bits per heavy atom. The van der Waals surface area contributed by atoms with E-state index < -0.39 is 5.60 Å². The second-order valence-electron chi connectivity index (χ2n) is 6.64. The minimum atomic E-state index is -0.428. The predicted molar refractivity (Wildman–Crippen MR) is 80.8 cm³/mol. The summed E-state index contributed by atoms with van der Waals surface area (Å²) in [6, 6.07) is 0. The van der Waals surface area contributed by atoms with Crippen molar-refractivity contribution in [2.24, 2.45) is 5.92 Å². The molecule has 1 amide bonds. The fourth-order valence-corrected chi connectivity index (χ4v) is 2.52. The summed E-state index contributed by atoms with van der Waals surface area (Å²) in [5.74, 6) is 0.481. The van der Waals surface area contributed by atoms with Crippen LogP contribution < -0.4 is 5.32 Å². The maximum atomic E-state index is 12.1. The van der Waals surface area contributed by atoms with Gasteiger partial charge in [0.25, 0.3) is 0 Å². The van der Waals surface area contributed by atoms with Gasteiger partial charge in [-0.1, -0.05) is 0 Å². The van der Waals surface area contributed by atoms with E-state index in [9.17, 15) is 4.79 Å². The van der Waals surface area contributed by atoms with Gasteiger partial charge in [-0.2, -0.15) is 0 Å². The topological polar surface area (TPSA) is 70.2 Å². The molecular formula is C15H26N4O2. The second-order valence-corrected chi connectivity index (χ2v) is 6.64. The molecule has 2 N–H and O–H groups in total. The van der Waals surface area contributed by atoms with Crippen LogP contribution in [0.1, 0.15) is 39.3 Å². The van der Waals surface area contributed by atoms with Gasteiger partial charge >= 0.3 is 6.09 Å². The lowest BCUT2D eigenvalue weighted by Gasteiger charge is -2.34. The van der Waals surface area contributed by atoms with Crippen LogP contribution in [0.3, 0.4) is 0 Å². The molecule has 21 heavy (non-hydrogen) atoms. The molecular weight excluding hydrogens is 268 g/mol. The van der Waals surface area contributed by atoms with Crippen LogP contribution in [0.25, 0.3) is 0 Å². The zero-order valence-electron chi connectivity index (χ0n) is 13.2. The number of nitrogens with zero attached hydrogens (tertiary/aromatic N) is 2. The van der Waals surface area contributed by atoms with Gasteiger partial charge in [-0.05, 0) is 39.5 Å². The minimum Gasteiger partial charge on any atom is -0.444 e. The molecule has 6 nitrogen and oxygen atoms in total. The third kappa shape index (κ3) is 5.38. The molecule has 0 radical (unpaired) electrons. The Morgan fingerprint density at radius 3 is 3.05 bits per heavy atom. The van der Waals surface area contributed by atoms with E-state index in [1.54, 1.807) is 6.33 Å². The number of hydrogen-bond acceptors (Lipinski definition) is 4. The molecule has 1 atom stereocenters. The number of carbonyl (C=O) groups excluding carboxylic acids is 1. The molecule has 1 unspecified atom stereocenters. The third-order valence-electron chi connectivity index (χ3n) is 3.47. The molecule has 118 valence electrons. The molecule has 1 aromatic rings. The van der Waals surface area contributed by atoms with Crippen molar-refractivity contribution >= 4 is 6.09 Å². The molecule has 1 aliphatic heterocycles. The monoisotopic (exact) mass is 294 g/mol. The van der Waals surface area contributed by atoms with Gasteiger partial charge in [0, 0.05) is 38.1 Å². The minimum absolute atomic E-state index is 0.194. The lowest BCUT2D eigenvalue weighted by Crippen LogP contribution is -2.45. The Hall–Kier alpha value is -1.56. The molecule has 0 spiro atoms. The highest BCUT2D eigenvalue weighted by molar-refractivity contribution is 5.68. The zero-order valence-corrected chi connectivity index (χ0v) is 13.2. The Morgan fingerprint density at radius 1 is 1.57 bits per heavy atom. The number of aromatic amines is 1. The van der Waals surface area contributed by atoms with Gasteiger partial charge in [-0.3, -0.25) is 0 Å². The first-order chi connectivity index (χ1) is 9.94. The highest BCUT2D eigenvalue weighted by Gasteiger charge is 2.27. The number of likely N-dealkylation sites (tertiary alicyclic amines) is 1. The van der Waals surface area contributed by atoms with Crippen LogP contribution in [-0.4, -0.2) is 46.2 Å². The summed E-state index contributed by atoms with van der Waals surface area (Å²) in [5.41, 5.74) is 0.651. The lowest BCUT2D eigenvalue weighted by atomic mass is 9.98. The number of H-pyrrole nitrogens is 1. The average molecular weight is 294 g/mol. The van der Waals surface area contributed by atoms with E-state index in [0.29, 0.717) is 5.92 Å². The summed E-state index contributed by atoms with van der Waals surface area (Å²) in [6.45, 7) is 8.95. The number of aromatic nitrogens is 2. The molecule has 0 aromatic carbocycles. The Balaban J connectivity index is 1.74. The van der Waals surface area contributed by atoms with Crippen LogP contribution in [0.5, 0.6) is 0 Å². The summed E-state index contributed by atoms with van der Waals surface area (Å²) in [6.07, 6.45) is 5.49. The standard InChI is InChI=1S/C15H26N4O2/c1-15(2,3)21-14(20)19-6-4-5-12(10-19)7-16-8-13-9-17-11-18-13/h9,11-12,16H,4-8,10H2,1-3H3,(H,17,18). The van der Waals surface area contributed by atoms with E-state index >= 15 is 0 Å². The molecule has 0 aliphatic carbocycles. The molecule has 1 saturated heterocycles. The van der Waals surface area contributed by atoms with Crippen LogP contribution in [-0.2, 0) is 11.3 Å². The van der Waals surface area contributed by atoms with Crippen molar-refractivity contribution in [2.75, 3.05) is 19.6 Å². The number of imidazole rings is 1. The summed E-state index contributed by atoms with van der Waals surface area (Å²) in [5, 5.41) is 3.42. The highest BCUT2D eigenvalue weighted by Crippen LogP contribution is 2.18. The van der Waals surface area contributed by atoms with E-state index in [2.05, 4.69) is 15.3 Å². The summed E-state index contributed by atoms with van der Waals surface area (Å²) < 4.78 is 5.44. The van der Waals surface area contributed by atoms with Crippen molar-refractivity contribution in [2.45, 2.75) is 45.8 Å². The quantitative estimate of drug-likeness (QED) is 0.892. The van der Waals surface area contributed by atoms with E-state index in [-0.39, 0.29) is 6.09 Å². The lowest BCUT2D eigenvalue weighted by molar-refractivity contribution is 0.0166. The molecule has 1 fully saturated rings. The van der Waals surface area contributed by atoms with Crippen molar-refractivity contribution in [3.05, 3.63) is 18.2 Å². The van der Waals surface area contributed by atoms with Crippen molar-refractivity contribution in [3.8, 4) is 0 Å². The first kappa shape index (κ1) is 15.8. The molecule has 2 heterocycles. The van der Waals surface area contributed by atoms with Crippen LogP contribution in [0.4, 0.5) is 4.79 Å². The molecule has 2 rings (SSSR count). The van der Waals surface area contributed by atoms with E-state index in [4.69, 9.17) is 4.74 Å². The Bertz CT molecular complexity index is 439. The van der Waals surface area contributed by atoms with Crippen LogP contribution in [0.2, 0.25) is 0 Å². The normalized spacial score (nSPS) is 19.6. The van der Waals surface area contributed by atoms with Crippen LogP contribution in [0.15, 0.2) is 12.5 Å². The first-order valence-electron chi connectivity index (χ1n) is 7.60. The first-order valence-corrected chi connectivity index (χ1v) is 7.60. The smallest absolute Gasteiger partial charge is 0.410 e. The molecule has 1 aliphatic rings. The largest absolute Gasteiger partial charge is 0.444 e. The van der Waals surface area contributed by atoms with Crippen molar-refractivity contribution < 1.29 is 9.53 Å². The van der Waals surface area contributed by atoms with E-state index in [1.807, 2.05) is 31.9 Å². The van der Waals surface area contributed by atoms with Crippen molar-refractivity contribution in [3.63, 3.8) is 0 Å². The van der Waals surface area contributed by atoms with Gasteiger partial charge in [0.2, 0.25) is 0 Å². The van der Waals surface area contributed by atoms with Crippen LogP contribution in [0, 0.1) is 5.92 Å². The second kappa shape index (κ2) is 6.93. The molecule has 0 bridgehead atoms. The van der Waals surface area contributed by atoms with Gasteiger partial charge in [0.05, 0.1) is 6.33 Å². The SMILES string of the molecule is CC(C)(C)OC(=O)N1CCCC(CNCc2cnc[nH]2)C1. The maximum Gasteiger partial charge on any atom is 0.410 e. The third-order valence-corrected chi connectivity index (χ3v) is 3.47. The average Bonchev–Trinajstić information content (AvgIpc) is 2.90.